The van der Waals surface area contributed by atoms with Crippen LogP contribution < -0.4 is 4.74 Å². The van der Waals surface area contributed by atoms with Crippen LogP contribution in [0.25, 0.3) is 5.76 Å². The van der Waals surface area contributed by atoms with E-state index in [0.717, 1.165) is 43.8 Å². The molecule has 1 amide bonds. The van der Waals surface area contributed by atoms with Crippen molar-refractivity contribution < 1.29 is 23.8 Å². The van der Waals surface area contributed by atoms with Crippen molar-refractivity contribution in [1.82, 2.24) is 9.80 Å². The highest BCUT2D eigenvalue weighted by atomic mass is 16.5. The number of Topliss-reactive ketones (excluding diaryl/α,β-unsaturated/α-hetero) is 1. The van der Waals surface area contributed by atoms with E-state index in [0.29, 0.717) is 17.9 Å². The SMILES string of the molecule is CCOc1ccc(/C(O)=C2/C(=O)C(=O)N(C3CCN(Cc4ccccc4)CC3)C2c2ccco2)cc1C(C)(C)C. The number of aliphatic hydroxyl groups excluding tert-OH is 1. The predicted octanol–water partition coefficient (Wildman–Crippen LogP) is 6.06. The zero-order valence-corrected chi connectivity index (χ0v) is 23.7. The first-order valence-corrected chi connectivity index (χ1v) is 14.1. The number of rotatable bonds is 7. The van der Waals surface area contributed by atoms with E-state index in [1.54, 1.807) is 23.1 Å². The van der Waals surface area contributed by atoms with Crippen molar-refractivity contribution in [1.29, 1.82) is 0 Å². The molecule has 7 nitrogen and oxygen atoms in total. The summed E-state index contributed by atoms with van der Waals surface area (Å²) in [5.74, 6) is -0.271. The topological polar surface area (TPSA) is 83.2 Å². The fraction of sp³-hybridized carbons (Fsp3) is 0.394. The van der Waals surface area contributed by atoms with Crippen LogP contribution in [0.2, 0.25) is 0 Å². The van der Waals surface area contributed by atoms with Crippen LogP contribution >= 0.6 is 0 Å². The Morgan fingerprint density at radius 2 is 1.75 bits per heavy atom. The number of benzene rings is 2. The Labute approximate surface area is 236 Å². The average Bonchev–Trinajstić information content (AvgIpc) is 3.56. The third kappa shape index (κ3) is 5.43. The van der Waals surface area contributed by atoms with Gasteiger partial charge in [0.05, 0.1) is 18.4 Å². The molecule has 2 fully saturated rings. The predicted molar refractivity (Wildman–Crippen MR) is 154 cm³/mol. The summed E-state index contributed by atoms with van der Waals surface area (Å²) in [5, 5.41) is 11.6. The molecule has 0 spiro atoms. The maximum Gasteiger partial charge on any atom is 0.296 e. The number of nitrogens with zero attached hydrogens (tertiary/aromatic N) is 2. The molecular weight excluding hydrogens is 504 g/mol. The van der Waals surface area contributed by atoms with Crippen molar-refractivity contribution in [3.63, 3.8) is 0 Å². The van der Waals surface area contributed by atoms with Crippen LogP contribution in [0.4, 0.5) is 0 Å². The summed E-state index contributed by atoms with van der Waals surface area (Å²) in [5.41, 5.74) is 2.44. The first kappa shape index (κ1) is 27.7. The van der Waals surface area contributed by atoms with E-state index in [4.69, 9.17) is 9.15 Å². The van der Waals surface area contributed by atoms with E-state index in [2.05, 4.69) is 37.8 Å². The standard InChI is InChI=1S/C33H38N2O5/c1-5-39-26-14-13-23(20-25(26)33(2,3)4)30(36)28-29(27-12-9-19-40-27)35(32(38)31(28)37)24-15-17-34(18-16-24)21-22-10-7-6-8-11-22/h6-14,19-20,24,29,36H,5,15-18,21H2,1-4H3/b30-28-. The van der Waals surface area contributed by atoms with Crippen LogP contribution in [0.15, 0.2) is 76.9 Å². The van der Waals surface area contributed by atoms with Crippen molar-refractivity contribution in [2.24, 2.45) is 0 Å². The Balaban J connectivity index is 1.48. The Morgan fingerprint density at radius 1 is 1.02 bits per heavy atom. The van der Waals surface area contributed by atoms with Crippen LogP contribution in [-0.2, 0) is 21.5 Å². The lowest BCUT2D eigenvalue weighted by Crippen LogP contribution is -2.46. The summed E-state index contributed by atoms with van der Waals surface area (Å²) in [6.07, 6.45) is 3.00. The molecule has 1 N–H and O–H groups in total. The molecule has 0 aliphatic carbocycles. The van der Waals surface area contributed by atoms with E-state index >= 15 is 0 Å². The summed E-state index contributed by atoms with van der Waals surface area (Å²) in [6, 6.07) is 18.3. The van der Waals surface area contributed by atoms with Gasteiger partial charge >= 0.3 is 0 Å². The normalized spacial score (nSPS) is 20.3. The van der Waals surface area contributed by atoms with E-state index < -0.39 is 17.7 Å². The van der Waals surface area contributed by atoms with Crippen LogP contribution in [0, 0.1) is 0 Å². The van der Waals surface area contributed by atoms with Crippen LogP contribution in [0.1, 0.15) is 69.0 Å². The molecular formula is C33H38N2O5. The second-order valence-corrected chi connectivity index (χ2v) is 11.6. The minimum atomic E-state index is -0.787. The average molecular weight is 543 g/mol. The molecule has 3 aromatic rings. The van der Waals surface area contributed by atoms with E-state index in [-0.39, 0.29) is 22.8 Å². The summed E-state index contributed by atoms with van der Waals surface area (Å²) in [7, 11) is 0. The number of furan rings is 1. The van der Waals surface area contributed by atoms with E-state index in [9.17, 15) is 14.7 Å². The molecule has 40 heavy (non-hydrogen) atoms. The molecule has 2 saturated heterocycles. The van der Waals surface area contributed by atoms with Crippen molar-refractivity contribution in [3.8, 4) is 5.75 Å². The van der Waals surface area contributed by atoms with Gasteiger partial charge in [-0.25, -0.2) is 0 Å². The highest BCUT2D eigenvalue weighted by Gasteiger charge is 2.50. The highest BCUT2D eigenvalue weighted by Crippen LogP contribution is 2.43. The second-order valence-electron chi connectivity index (χ2n) is 11.6. The molecule has 2 aliphatic heterocycles. The van der Waals surface area contributed by atoms with Gasteiger partial charge in [-0.15, -0.1) is 0 Å². The number of carbonyl (C=O) groups is 2. The monoisotopic (exact) mass is 542 g/mol. The molecule has 0 saturated carbocycles. The maximum absolute atomic E-state index is 13.6. The molecule has 210 valence electrons. The molecule has 3 heterocycles. The first-order valence-electron chi connectivity index (χ1n) is 14.1. The molecule has 2 aliphatic rings. The van der Waals surface area contributed by atoms with Gasteiger partial charge in [-0.3, -0.25) is 14.5 Å². The summed E-state index contributed by atoms with van der Waals surface area (Å²) in [6.45, 7) is 11.1. The van der Waals surface area contributed by atoms with Gasteiger partial charge < -0.3 is 19.2 Å². The van der Waals surface area contributed by atoms with Gasteiger partial charge in [-0.05, 0) is 61.1 Å². The van der Waals surface area contributed by atoms with E-state index in [1.807, 2.05) is 37.3 Å². The Hall–Kier alpha value is -3.84. The highest BCUT2D eigenvalue weighted by molar-refractivity contribution is 6.46. The van der Waals surface area contributed by atoms with Gasteiger partial charge in [0.2, 0.25) is 0 Å². The zero-order valence-electron chi connectivity index (χ0n) is 23.7. The number of ketones is 1. The molecule has 1 atom stereocenters. The van der Waals surface area contributed by atoms with Gasteiger partial charge in [0.15, 0.2) is 0 Å². The maximum atomic E-state index is 13.6. The molecule has 7 heteroatoms. The number of aliphatic hydroxyl groups is 1. The number of likely N-dealkylation sites (tertiary alicyclic amines) is 2. The number of carbonyl (C=O) groups excluding carboxylic acids is 2. The summed E-state index contributed by atoms with van der Waals surface area (Å²) >= 11 is 0. The Morgan fingerprint density at radius 3 is 2.38 bits per heavy atom. The number of amides is 1. The van der Waals surface area contributed by atoms with Gasteiger partial charge in [0, 0.05) is 36.8 Å². The van der Waals surface area contributed by atoms with Crippen molar-refractivity contribution in [3.05, 3.63) is 95.0 Å². The van der Waals surface area contributed by atoms with Crippen molar-refractivity contribution in [2.45, 2.75) is 64.6 Å². The minimum absolute atomic E-state index is 0.0654. The molecule has 1 unspecified atom stereocenters. The van der Waals surface area contributed by atoms with Crippen LogP contribution in [0.3, 0.4) is 0 Å². The number of hydrogen-bond donors (Lipinski definition) is 1. The molecule has 2 aromatic carbocycles. The smallest absolute Gasteiger partial charge is 0.296 e. The molecule has 0 bridgehead atoms. The lowest BCUT2D eigenvalue weighted by atomic mass is 9.84. The van der Waals surface area contributed by atoms with Crippen molar-refractivity contribution in [2.75, 3.05) is 19.7 Å². The molecule has 1 aromatic heterocycles. The fourth-order valence-corrected chi connectivity index (χ4v) is 5.85. The second kappa shape index (κ2) is 11.3. The number of hydrogen-bond acceptors (Lipinski definition) is 6. The zero-order chi connectivity index (χ0) is 28.4. The third-order valence-corrected chi connectivity index (χ3v) is 7.85. The van der Waals surface area contributed by atoms with Gasteiger partial charge in [-0.2, -0.15) is 0 Å². The Bertz CT molecular complexity index is 1380. The van der Waals surface area contributed by atoms with Crippen LogP contribution in [-0.4, -0.2) is 52.3 Å². The summed E-state index contributed by atoms with van der Waals surface area (Å²) in [4.78, 5) is 31.1. The lowest BCUT2D eigenvalue weighted by molar-refractivity contribution is -0.142. The molecule has 5 rings (SSSR count). The largest absolute Gasteiger partial charge is 0.507 e. The Kier molecular flexibility index (Phi) is 7.86. The quantitative estimate of drug-likeness (QED) is 0.222. The van der Waals surface area contributed by atoms with Gasteiger partial charge in [0.1, 0.15) is 23.3 Å². The lowest BCUT2D eigenvalue weighted by Gasteiger charge is -2.38. The fourth-order valence-electron chi connectivity index (χ4n) is 5.85. The van der Waals surface area contributed by atoms with Gasteiger partial charge in [0.25, 0.3) is 11.7 Å². The van der Waals surface area contributed by atoms with Gasteiger partial charge in [-0.1, -0.05) is 51.1 Å². The van der Waals surface area contributed by atoms with E-state index in [1.165, 1.54) is 11.8 Å². The number of ether oxygens (including phenoxy) is 1. The van der Waals surface area contributed by atoms with Crippen LogP contribution in [0.5, 0.6) is 5.75 Å². The third-order valence-electron chi connectivity index (χ3n) is 7.85. The van der Waals surface area contributed by atoms with Crippen molar-refractivity contribution >= 4 is 17.4 Å². The molecule has 0 radical (unpaired) electrons. The first-order chi connectivity index (χ1) is 19.2. The number of piperidine rings is 1. The summed E-state index contributed by atoms with van der Waals surface area (Å²) < 4.78 is 11.6. The minimum Gasteiger partial charge on any atom is -0.507 e.